The molecule has 1 aromatic rings. The summed E-state index contributed by atoms with van der Waals surface area (Å²) in [4.78, 5) is 2.15. The molecule has 0 aliphatic heterocycles. The Morgan fingerprint density at radius 1 is 1.50 bits per heavy atom. The van der Waals surface area contributed by atoms with Gasteiger partial charge in [-0.25, -0.2) is 0 Å². The number of halogens is 1. The van der Waals surface area contributed by atoms with E-state index in [0.29, 0.717) is 0 Å². The molecule has 5 nitrogen and oxygen atoms in total. The molecule has 1 N–H and O–H groups in total. The van der Waals surface area contributed by atoms with Crippen LogP contribution in [0, 0.1) is 0 Å². The zero-order valence-electron chi connectivity index (χ0n) is 13.0. The predicted octanol–water partition coefficient (Wildman–Crippen LogP) is 2.18. The Labute approximate surface area is 127 Å². The molecule has 0 aliphatic rings. The van der Waals surface area contributed by atoms with Crippen LogP contribution in [0.4, 0.5) is 0 Å². The van der Waals surface area contributed by atoms with Crippen LogP contribution in [0.2, 0.25) is 5.02 Å². The summed E-state index contributed by atoms with van der Waals surface area (Å²) in [6.07, 6.45) is 3.74. The summed E-state index contributed by atoms with van der Waals surface area (Å²) in [7, 11) is 5.85. The van der Waals surface area contributed by atoms with E-state index < -0.39 is 0 Å². The molecule has 1 atom stereocenters. The molecule has 0 amide bonds. The number of hydrogen-bond acceptors (Lipinski definition) is 4. The number of nitrogens with one attached hydrogen (secondary N) is 1. The second-order valence-electron chi connectivity index (χ2n) is 5.15. The highest BCUT2D eigenvalue weighted by molar-refractivity contribution is 6.31. The maximum Gasteiger partial charge on any atom is 0.0834 e. The molecule has 0 saturated carbocycles. The van der Waals surface area contributed by atoms with Crippen molar-refractivity contribution >= 4 is 11.6 Å². The highest BCUT2D eigenvalue weighted by atomic mass is 35.5. The predicted molar refractivity (Wildman–Crippen MR) is 83.3 cm³/mol. The molecule has 20 heavy (non-hydrogen) atoms. The van der Waals surface area contributed by atoms with E-state index in [1.165, 1.54) is 0 Å². The van der Waals surface area contributed by atoms with Gasteiger partial charge < -0.3 is 15.0 Å². The van der Waals surface area contributed by atoms with Gasteiger partial charge in [-0.1, -0.05) is 18.5 Å². The Morgan fingerprint density at radius 2 is 2.25 bits per heavy atom. The topological polar surface area (TPSA) is 42.3 Å². The minimum Gasteiger partial charge on any atom is -0.385 e. The molecule has 0 bridgehead atoms. The maximum atomic E-state index is 6.34. The highest BCUT2D eigenvalue weighted by Crippen LogP contribution is 2.26. The van der Waals surface area contributed by atoms with Crippen LogP contribution in [-0.4, -0.2) is 55.6 Å². The summed E-state index contributed by atoms with van der Waals surface area (Å²) in [5, 5.41) is 8.65. The zero-order valence-corrected chi connectivity index (χ0v) is 13.8. The summed E-state index contributed by atoms with van der Waals surface area (Å²) >= 11 is 6.34. The van der Waals surface area contributed by atoms with E-state index in [1.807, 2.05) is 4.68 Å². The van der Waals surface area contributed by atoms with Crippen molar-refractivity contribution in [3.8, 4) is 0 Å². The molecule has 1 unspecified atom stereocenters. The number of ether oxygens (including phenoxy) is 1. The number of aromatic nitrogens is 2. The van der Waals surface area contributed by atoms with Crippen LogP contribution >= 0.6 is 11.6 Å². The second-order valence-corrected chi connectivity index (χ2v) is 5.56. The van der Waals surface area contributed by atoms with Gasteiger partial charge in [-0.05, 0) is 33.5 Å². The first-order chi connectivity index (χ1) is 9.60. The van der Waals surface area contributed by atoms with Crippen molar-refractivity contribution in [3.05, 3.63) is 16.9 Å². The van der Waals surface area contributed by atoms with Crippen molar-refractivity contribution in [2.24, 2.45) is 0 Å². The van der Waals surface area contributed by atoms with Gasteiger partial charge in [0.05, 0.1) is 29.5 Å². The van der Waals surface area contributed by atoms with Gasteiger partial charge in [0.25, 0.3) is 0 Å². The van der Waals surface area contributed by atoms with Gasteiger partial charge >= 0.3 is 0 Å². The molecule has 1 rings (SSSR count). The van der Waals surface area contributed by atoms with Crippen LogP contribution in [0.1, 0.15) is 31.5 Å². The highest BCUT2D eigenvalue weighted by Gasteiger charge is 2.19. The third-order valence-electron chi connectivity index (χ3n) is 3.21. The molecule has 1 heterocycles. The molecule has 0 radical (unpaired) electrons. The van der Waals surface area contributed by atoms with Crippen LogP contribution < -0.4 is 5.32 Å². The van der Waals surface area contributed by atoms with E-state index in [0.717, 1.165) is 49.8 Å². The van der Waals surface area contributed by atoms with Crippen molar-refractivity contribution in [1.82, 2.24) is 20.0 Å². The number of rotatable bonds is 10. The zero-order chi connectivity index (χ0) is 15.0. The molecular weight excluding hydrogens is 276 g/mol. The normalized spacial score (nSPS) is 13.1. The molecule has 1 aromatic heterocycles. The van der Waals surface area contributed by atoms with Gasteiger partial charge in [-0.3, -0.25) is 4.68 Å². The van der Waals surface area contributed by atoms with E-state index in [4.69, 9.17) is 16.3 Å². The number of nitrogens with zero attached hydrogens (tertiary/aromatic N) is 3. The van der Waals surface area contributed by atoms with E-state index in [-0.39, 0.29) is 6.04 Å². The lowest BCUT2D eigenvalue weighted by atomic mass is 10.1. The standard InChI is InChI=1S/C14H27ClN4O/c1-5-16-13(7-6-10-20-4)14-12(15)11-17-19(14)9-8-18(2)3/h11,13,16H,5-10H2,1-4H3. The third-order valence-corrected chi connectivity index (χ3v) is 3.51. The van der Waals surface area contributed by atoms with Gasteiger partial charge in [-0.2, -0.15) is 5.10 Å². The molecule has 0 spiro atoms. The molecule has 0 aromatic carbocycles. The summed E-state index contributed by atoms with van der Waals surface area (Å²) in [5.74, 6) is 0. The SMILES string of the molecule is CCNC(CCCOC)c1c(Cl)cnn1CCN(C)C. The Hall–Kier alpha value is -0.620. The van der Waals surface area contributed by atoms with Crippen molar-refractivity contribution in [3.63, 3.8) is 0 Å². The van der Waals surface area contributed by atoms with E-state index in [9.17, 15) is 0 Å². The summed E-state index contributed by atoms with van der Waals surface area (Å²) in [6, 6.07) is 0.229. The first-order valence-corrected chi connectivity index (χ1v) is 7.56. The Balaban J connectivity index is 2.79. The van der Waals surface area contributed by atoms with Gasteiger partial charge in [0.2, 0.25) is 0 Å². The quantitative estimate of drug-likeness (QED) is 0.673. The lowest BCUT2D eigenvalue weighted by Gasteiger charge is -2.21. The van der Waals surface area contributed by atoms with Gasteiger partial charge in [0.15, 0.2) is 0 Å². The van der Waals surface area contributed by atoms with Crippen LogP contribution in [0.15, 0.2) is 6.20 Å². The van der Waals surface area contributed by atoms with Crippen molar-refractivity contribution in [2.75, 3.05) is 40.9 Å². The molecular formula is C14H27ClN4O. The Kier molecular flexibility index (Phi) is 8.14. The van der Waals surface area contributed by atoms with Gasteiger partial charge in [-0.15, -0.1) is 0 Å². The smallest absolute Gasteiger partial charge is 0.0834 e. The third kappa shape index (κ3) is 5.40. The number of hydrogen-bond donors (Lipinski definition) is 1. The first-order valence-electron chi connectivity index (χ1n) is 7.18. The average Bonchev–Trinajstić information content (AvgIpc) is 2.77. The van der Waals surface area contributed by atoms with Crippen LogP contribution in [0.5, 0.6) is 0 Å². The molecule has 6 heteroatoms. The monoisotopic (exact) mass is 302 g/mol. The minimum absolute atomic E-state index is 0.229. The number of likely N-dealkylation sites (N-methyl/N-ethyl adjacent to an activating group) is 1. The van der Waals surface area contributed by atoms with E-state index >= 15 is 0 Å². The Bertz CT molecular complexity index is 381. The second kappa shape index (κ2) is 9.34. The summed E-state index contributed by atoms with van der Waals surface area (Å²) < 4.78 is 7.15. The Morgan fingerprint density at radius 3 is 2.85 bits per heavy atom. The molecule has 0 fully saturated rings. The largest absolute Gasteiger partial charge is 0.385 e. The number of methoxy groups -OCH3 is 1. The fraction of sp³-hybridized carbons (Fsp3) is 0.786. The fourth-order valence-corrected chi connectivity index (χ4v) is 2.48. The van der Waals surface area contributed by atoms with E-state index in [2.05, 4.69) is 36.3 Å². The molecule has 0 saturated heterocycles. The van der Waals surface area contributed by atoms with Crippen molar-refractivity contribution in [1.29, 1.82) is 0 Å². The van der Waals surface area contributed by atoms with Gasteiger partial charge in [0.1, 0.15) is 0 Å². The molecule has 0 aliphatic carbocycles. The van der Waals surface area contributed by atoms with Gasteiger partial charge in [0, 0.05) is 20.3 Å². The minimum atomic E-state index is 0.229. The molecule has 116 valence electrons. The summed E-state index contributed by atoms with van der Waals surface area (Å²) in [6.45, 7) is 5.58. The van der Waals surface area contributed by atoms with Crippen LogP contribution in [-0.2, 0) is 11.3 Å². The van der Waals surface area contributed by atoms with E-state index in [1.54, 1.807) is 13.3 Å². The van der Waals surface area contributed by atoms with Crippen molar-refractivity contribution in [2.45, 2.75) is 32.4 Å². The first kappa shape index (κ1) is 17.4. The van der Waals surface area contributed by atoms with Crippen molar-refractivity contribution < 1.29 is 4.74 Å². The lowest BCUT2D eigenvalue weighted by Crippen LogP contribution is -2.27. The average molecular weight is 303 g/mol. The van der Waals surface area contributed by atoms with Crippen LogP contribution in [0.3, 0.4) is 0 Å². The van der Waals surface area contributed by atoms with Crippen LogP contribution in [0.25, 0.3) is 0 Å². The summed E-state index contributed by atoms with van der Waals surface area (Å²) in [5.41, 5.74) is 1.09. The lowest BCUT2D eigenvalue weighted by molar-refractivity contribution is 0.188. The fourth-order valence-electron chi connectivity index (χ4n) is 2.20. The maximum absolute atomic E-state index is 6.34.